The van der Waals surface area contributed by atoms with Crippen LogP contribution in [0.1, 0.15) is 123 Å². The van der Waals surface area contributed by atoms with Crippen molar-refractivity contribution >= 4 is 113 Å². The molecule has 0 unspecified atom stereocenters. The molecule has 0 fully saturated rings. The quantitative estimate of drug-likeness (QED) is 0.0289. The zero-order valence-electron chi connectivity index (χ0n) is 52.7. The number of carbonyl (C=O) groups excluding carboxylic acids is 12. The van der Waals surface area contributed by atoms with E-state index in [1.807, 2.05) is 0 Å². The van der Waals surface area contributed by atoms with Crippen LogP contribution in [0.5, 0.6) is 0 Å². The lowest BCUT2D eigenvalue weighted by atomic mass is 10.0. The molecule has 0 bridgehead atoms. The molecule has 0 aliphatic carbocycles. The van der Waals surface area contributed by atoms with Gasteiger partial charge in [-0.2, -0.15) is 0 Å². The molecule has 532 valence electrons. The second-order valence-corrected chi connectivity index (χ2v) is 22.1. The van der Waals surface area contributed by atoms with E-state index in [4.69, 9.17) is 11.5 Å². The Kier molecular flexibility index (Phi) is 36.7. The zero-order valence-corrected chi connectivity index (χ0v) is 52.7. The highest BCUT2D eigenvalue weighted by molar-refractivity contribution is 6.00. The number of nitrogens with two attached hydrogens (primary N) is 2. The van der Waals surface area contributed by atoms with Crippen molar-refractivity contribution in [3.8, 4) is 0 Å². The molecule has 1 rings (SSSR count). The van der Waals surface area contributed by atoms with Gasteiger partial charge in [0.15, 0.2) is 0 Å². The van der Waals surface area contributed by atoms with Gasteiger partial charge in [-0.15, -0.1) is 0 Å². The van der Waals surface area contributed by atoms with Crippen molar-refractivity contribution < 1.29 is 127 Å². The third-order valence-electron chi connectivity index (χ3n) is 13.9. The molecule has 0 aromatic heterocycles. The second-order valence-electron chi connectivity index (χ2n) is 22.1. The van der Waals surface area contributed by atoms with E-state index in [2.05, 4.69) is 58.5 Å². The van der Waals surface area contributed by atoms with Crippen LogP contribution < -0.4 is 70.0 Å². The average Bonchev–Trinajstić information content (AvgIpc) is 0.887. The van der Waals surface area contributed by atoms with E-state index in [9.17, 15) is 127 Å². The van der Waals surface area contributed by atoms with Gasteiger partial charge in [0.1, 0.15) is 66.5 Å². The summed E-state index contributed by atoms with van der Waals surface area (Å²) in [6, 6.07) is -11.6. The van der Waals surface area contributed by atoms with E-state index < -0.39 is 281 Å². The normalized spacial score (nSPS) is 14.3. The maximum Gasteiger partial charge on any atom is 0.303 e. The molecular formula is C57H83N13O26. The molecule has 0 aliphatic rings. The van der Waals surface area contributed by atoms with Crippen molar-refractivity contribution in [3.63, 3.8) is 0 Å². The van der Waals surface area contributed by atoms with Crippen LogP contribution in [0.15, 0.2) is 30.3 Å². The highest BCUT2D eigenvalue weighted by Gasteiger charge is 2.37. The Bertz CT molecular complexity index is 3000. The molecule has 39 heteroatoms. The molecular weight excluding hydrogens is 1280 g/mol. The van der Waals surface area contributed by atoms with Crippen molar-refractivity contribution in [2.75, 3.05) is 6.54 Å². The molecule has 96 heavy (non-hydrogen) atoms. The largest absolute Gasteiger partial charge is 0.481 e. The fourth-order valence-corrected chi connectivity index (χ4v) is 8.54. The smallest absolute Gasteiger partial charge is 0.303 e. The Morgan fingerprint density at radius 3 is 0.854 bits per heavy atom. The molecule has 1 aromatic carbocycles. The average molecular weight is 1370 g/mol. The van der Waals surface area contributed by atoms with Crippen LogP contribution in [0.3, 0.4) is 0 Å². The van der Waals surface area contributed by atoms with E-state index in [0.717, 1.165) is 6.92 Å². The summed E-state index contributed by atoms with van der Waals surface area (Å²) in [6.45, 7) is 4.54. The number of rotatable bonds is 47. The van der Waals surface area contributed by atoms with Crippen molar-refractivity contribution in [1.82, 2.24) is 58.5 Å². The molecule has 0 spiro atoms. The van der Waals surface area contributed by atoms with Crippen LogP contribution in [-0.2, 0) is 97.5 Å². The summed E-state index contributed by atoms with van der Waals surface area (Å²) < 4.78 is 0. The number of benzene rings is 1. The molecule has 0 heterocycles. The Morgan fingerprint density at radius 2 is 0.573 bits per heavy atom. The maximum absolute atomic E-state index is 14.1. The number of hydrogen-bond donors (Lipinski definition) is 20. The molecule has 1 aromatic rings. The van der Waals surface area contributed by atoms with E-state index in [-0.39, 0.29) is 6.42 Å². The molecule has 0 saturated heterocycles. The van der Waals surface area contributed by atoms with Crippen LogP contribution in [0, 0.1) is 5.92 Å². The summed E-state index contributed by atoms with van der Waals surface area (Å²) in [6.07, 6.45) is -11.2. The first kappa shape index (κ1) is 83.1. The van der Waals surface area contributed by atoms with Gasteiger partial charge < -0.3 is 106 Å². The minimum Gasteiger partial charge on any atom is -0.481 e. The molecule has 22 N–H and O–H groups in total. The third kappa shape index (κ3) is 33.1. The Hall–Kier alpha value is -10.9. The molecule has 0 radical (unpaired) electrons. The van der Waals surface area contributed by atoms with Crippen molar-refractivity contribution in [2.45, 2.75) is 190 Å². The number of hydrogen-bond acceptors (Lipinski definition) is 20. The predicted octanol–water partition coefficient (Wildman–Crippen LogP) is -6.24. The molecule has 11 atom stereocenters. The minimum absolute atomic E-state index is 0.345. The van der Waals surface area contributed by atoms with Crippen molar-refractivity contribution in [3.05, 3.63) is 35.9 Å². The van der Waals surface area contributed by atoms with Gasteiger partial charge >= 0.3 is 41.8 Å². The van der Waals surface area contributed by atoms with Gasteiger partial charge in [0.25, 0.3) is 0 Å². The molecule has 12 amide bonds. The van der Waals surface area contributed by atoms with Crippen LogP contribution in [0.2, 0.25) is 0 Å². The summed E-state index contributed by atoms with van der Waals surface area (Å²) in [5.74, 6) is -25.6. The highest BCUT2D eigenvalue weighted by atomic mass is 16.4. The van der Waals surface area contributed by atoms with E-state index >= 15 is 0 Å². The number of carboxylic acids is 7. The summed E-state index contributed by atoms with van der Waals surface area (Å²) in [7, 11) is 0. The highest BCUT2D eigenvalue weighted by Crippen LogP contribution is 2.13. The summed E-state index contributed by atoms with van der Waals surface area (Å²) in [4.78, 5) is 244. The Morgan fingerprint density at radius 1 is 0.323 bits per heavy atom. The predicted molar refractivity (Wildman–Crippen MR) is 324 cm³/mol. The first-order valence-corrected chi connectivity index (χ1v) is 29.7. The standard InChI is InChI=1S/C57H83N13O26/c1-26(2)46(57(96)60-27(3)47(59)86)70-55(94)36(16-23-45(84)85)67-53(92)34(14-21-43(80)81)65-51(90)32(12-19-41(76)77)63-48(87)28(4)61-49(88)31(11-18-40(74)75)64-52(91)33(13-20-42(78)79)66-54(93)35(15-22-44(82)83)68-56(95)37(24-29-8-6-5-7-9-29)69-50(89)30(10-17-39(72)73)62-38(71)25-58/h5-9,26-28,30-37,46H,10-25,58H2,1-4H3,(H2,59,86)(H,60,96)(H,61,88)(H,62,71)(H,63,87)(H,64,91)(H,65,90)(H,66,93)(H,67,92)(H,68,95)(H,69,89)(H,70,94)(H,72,73)(H,74,75)(H,76,77)(H,78,79)(H,80,81)(H,82,83)(H,84,85)/t27-,28-,30-,31-,32-,33-,34-,35-,36-,37-,46-/m0/s1. The number of aliphatic carboxylic acids is 7. The molecule has 0 saturated carbocycles. The number of carbonyl (C=O) groups is 19. The van der Waals surface area contributed by atoms with Gasteiger partial charge in [-0.05, 0) is 70.3 Å². The van der Waals surface area contributed by atoms with Crippen LogP contribution in [-0.4, -0.2) is 221 Å². The lowest BCUT2D eigenvalue weighted by Crippen LogP contribution is -2.61. The molecule has 0 aliphatic heterocycles. The molecule has 39 nitrogen and oxygen atoms in total. The third-order valence-corrected chi connectivity index (χ3v) is 13.9. The SMILES string of the molecule is CC(C)[C@H](NC(=O)[C@H](CCC(=O)O)NC(=O)[C@H](CCC(=O)O)NC(=O)[C@H](CCC(=O)O)NC(=O)[C@H](C)NC(=O)[C@H](CCC(=O)O)NC(=O)[C@H](CCC(=O)O)NC(=O)[C@H](CCC(=O)O)NC(=O)[C@H](Cc1ccccc1)NC(=O)[C@H](CCC(=O)O)NC(=O)CN)C(=O)N[C@@H](C)C(N)=O. The van der Waals surface area contributed by atoms with Gasteiger partial charge in [-0.1, -0.05) is 44.2 Å². The Labute approximate surface area is 546 Å². The van der Waals surface area contributed by atoms with Gasteiger partial charge in [0, 0.05) is 51.4 Å². The fraction of sp³-hybridized carbons (Fsp3) is 0.561. The van der Waals surface area contributed by atoms with Gasteiger partial charge in [0.2, 0.25) is 70.9 Å². The van der Waals surface area contributed by atoms with Gasteiger partial charge in [0.05, 0.1) is 6.54 Å². The van der Waals surface area contributed by atoms with E-state index in [1.54, 1.807) is 18.2 Å². The van der Waals surface area contributed by atoms with Gasteiger partial charge in [-0.25, -0.2) is 0 Å². The first-order chi connectivity index (χ1) is 44.8. The zero-order chi connectivity index (χ0) is 73.1. The lowest BCUT2D eigenvalue weighted by molar-refractivity contribution is -0.140. The monoisotopic (exact) mass is 1370 g/mol. The maximum atomic E-state index is 14.1. The van der Waals surface area contributed by atoms with Crippen LogP contribution in [0.25, 0.3) is 0 Å². The van der Waals surface area contributed by atoms with Crippen molar-refractivity contribution in [2.24, 2.45) is 17.4 Å². The van der Waals surface area contributed by atoms with Gasteiger partial charge in [-0.3, -0.25) is 91.1 Å². The number of primary amides is 1. The topological polar surface area (TPSA) is 650 Å². The second kappa shape index (κ2) is 42.4. The minimum atomic E-state index is -2.02. The van der Waals surface area contributed by atoms with E-state index in [0.29, 0.717) is 5.56 Å². The number of amides is 12. The summed E-state index contributed by atoms with van der Waals surface area (Å²) >= 11 is 0. The Balaban J connectivity index is 3.65. The first-order valence-electron chi connectivity index (χ1n) is 29.7. The van der Waals surface area contributed by atoms with Crippen LogP contribution >= 0.6 is 0 Å². The van der Waals surface area contributed by atoms with E-state index in [1.165, 1.54) is 32.9 Å². The number of nitrogens with one attached hydrogen (secondary N) is 11. The van der Waals surface area contributed by atoms with Crippen molar-refractivity contribution in [1.29, 1.82) is 0 Å². The fourth-order valence-electron chi connectivity index (χ4n) is 8.54. The number of carboxylic acid groups (broad SMARTS) is 7. The van der Waals surface area contributed by atoms with Crippen LogP contribution in [0.4, 0.5) is 0 Å². The summed E-state index contributed by atoms with van der Waals surface area (Å²) in [5.41, 5.74) is 11.0. The summed E-state index contributed by atoms with van der Waals surface area (Å²) in [5, 5.41) is 91.0. The lowest BCUT2D eigenvalue weighted by Gasteiger charge is -2.28.